The minimum atomic E-state index is -0.551. The molecule has 0 saturated carbocycles. The number of carbonyl (C=O) groups excluding carboxylic acids is 1. The number of nitrogens with zero attached hydrogens (tertiary/aromatic N) is 3. The summed E-state index contributed by atoms with van der Waals surface area (Å²) in [6.07, 6.45) is -0.418. The minimum Gasteiger partial charge on any atom is -0.444 e. The van der Waals surface area contributed by atoms with E-state index in [1.54, 1.807) is 7.05 Å². The lowest BCUT2D eigenvalue weighted by Gasteiger charge is -2.29. The summed E-state index contributed by atoms with van der Waals surface area (Å²) in [6.45, 7) is 14.7. The highest BCUT2D eigenvalue weighted by Crippen LogP contribution is 2.13. The molecular weight excluding hydrogens is 306 g/mol. The number of likely N-dealkylation sites (N-methyl/N-ethyl adjacent to an activating group) is 1. The summed E-state index contributed by atoms with van der Waals surface area (Å²) in [6, 6.07) is 1.50. The van der Waals surface area contributed by atoms with E-state index >= 15 is 0 Å². The summed E-state index contributed by atoms with van der Waals surface area (Å²) in [5.41, 5.74) is 9.67. The van der Waals surface area contributed by atoms with E-state index in [2.05, 4.69) is 33.1 Å². The Balaban J connectivity index is 2.75. The van der Waals surface area contributed by atoms with Gasteiger partial charge in [0.1, 0.15) is 17.2 Å². The second-order valence-corrected chi connectivity index (χ2v) is 6.55. The van der Waals surface area contributed by atoms with E-state index < -0.39 is 11.7 Å². The van der Waals surface area contributed by atoms with Gasteiger partial charge in [-0.25, -0.2) is 14.8 Å². The van der Waals surface area contributed by atoms with Gasteiger partial charge in [-0.1, -0.05) is 6.58 Å². The third-order valence-electron chi connectivity index (χ3n) is 3.16. The molecule has 2 N–H and O–H groups in total. The Morgan fingerprint density at radius 2 is 2.00 bits per heavy atom. The third kappa shape index (κ3) is 5.93. The van der Waals surface area contributed by atoms with Gasteiger partial charge in [0.25, 0.3) is 0 Å². The summed E-state index contributed by atoms with van der Waals surface area (Å²) < 4.78 is 5.37. The molecule has 7 nitrogen and oxygen atoms in total. The minimum absolute atomic E-state index is 0.311. The fraction of sp³-hybridized carbons (Fsp3) is 0.529. The molecule has 0 bridgehead atoms. The van der Waals surface area contributed by atoms with Crippen molar-refractivity contribution in [3.05, 3.63) is 35.6 Å². The molecule has 0 saturated heterocycles. The molecule has 1 rings (SSSR count). The third-order valence-corrected chi connectivity index (χ3v) is 3.16. The number of nitrogens with one attached hydrogen (secondary N) is 2. The maximum atomic E-state index is 12.2. The van der Waals surface area contributed by atoms with Crippen LogP contribution in [0.2, 0.25) is 0 Å². The maximum Gasteiger partial charge on any atom is 0.410 e. The molecule has 24 heavy (non-hydrogen) atoms. The van der Waals surface area contributed by atoms with Gasteiger partial charge in [-0.15, -0.1) is 5.73 Å². The molecule has 1 atom stereocenters. The van der Waals surface area contributed by atoms with E-state index in [9.17, 15) is 4.79 Å². The highest BCUT2D eigenvalue weighted by Gasteiger charge is 2.25. The Bertz CT molecular complexity index is 625. The zero-order valence-corrected chi connectivity index (χ0v) is 15.5. The van der Waals surface area contributed by atoms with Crippen LogP contribution in [0.1, 0.15) is 39.2 Å². The summed E-state index contributed by atoms with van der Waals surface area (Å²) >= 11 is 0. The molecule has 0 aliphatic rings. The molecular formula is C17H27N5O2. The molecule has 0 radical (unpaired) electrons. The van der Waals surface area contributed by atoms with Gasteiger partial charge in [-0.2, -0.15) is 0 Å². The molecule has 0 fully saturated rings. The molecule has 132 valence electrons. The van der Waals surface area contributed by atoms with E-state index in [1.807, 2.05) is 47.6 Å². The van der Waals surface area contributed by atoms with Crippen LogP contribution in [-0.4, -0.2) is 39.7 Å². The van der Waals surface area contributed by atoms with E-state index in [0.29, 0.717) is 17.3 Å². The van der Waals surface area contributed by atoms with Crippen molar-refractivity contribution < 1.29 is 9.53 Å². The number of aryl methyl sites for hydroxylation is 2. The molecule has 0 aliphatic heterocycles. The predicted octanol–water partition coefficient (Wildman–Crippen LogP) is 2.93. The Labute approximate surface area is 143 Å². The number of rotatable bonds is 5. The van der Waals surface area contributed by atoms with Crippen molar-refractivity contribution in [2.45, 2.75) is 53.2 Å². The summed E-state index contributed by atoms with van der Waals surface area (Å²) in [7, 11) is 1.66. The summed E-state index contributed by atoms with van der Waals surface area (Å²) in [4.78, 5) is 22.1. The van der Waals surface area contributed by atoms with Gasteiger partial charge in [0, 0.05) is 18.8 Å². The SMILES string of the molecule is C=C=C(NNc1cc(C)nc(C)n1)C(C)N(C)C(=O)OC(C)(C)C. The van der Waals surface area contributed by atoms with Crippen molar-refractivity contribution in [3.8, 4) is 0 Å². The monoisotopic (exact) mass is 333 g/mol. The lowest BCUT2D eigenvalue weighted by Crippen LogP contribution is -2.43. The van der Waals surface area contributed by atoms with Gasteiger partial charge < -0.3 is 9.64 Å². The van der Waals surface area contributed by atoms with Crippen LogP contribution in [-0.2, 0) is 4.74 Å². The van der Waals surface area contributed by atoms with Crippen LogP contribution in [0, 0.1) is 13.8 Å². The number of hydrogen-bond acceptors (Lipinski definition) is 6. The number of hydrogen-bond donors (Lipinski definition) is 2. The van der Waals surface area contributed by atoms with Crippen molar-refractivity contribution in [2.75, 3.05) is 12.5 Å². The molecule has 0 aromatic carbocycles. The van der Waals surface area contributed by atoms with Crippen molar-refractivity contribution in [3.63, 3.8) is 0 Å². The quantitative estimate of drug-likeness (QED) is 0.637. The smallest absolute Gasteiger partial charge is 0.410 e. The Kier molecular flexibility index (Phi) is 6.37. The predicted molar refractivity (Wildman–Crippen MR) is 94.4 cm³/mol. The van der Waals surface area contributed by atoms with Crippen molar-refractivity contribution in [1.82, 2.24) is 20.3 Å². The zero-order valence-electron chi connectivity index (χ0n) is 15.5. The lowest BCUT2D eigenvalue weighted by atomic mass is 10.2. The van der Waals surface area contributed by atoms with Crippen LogP contribution in [0.25, 0.3) is 0 Å². The second kappa shape index (κ2) is 7.84. The number of amides is 1. The molecule has 1 heterocycles. The molecule has 1 aromatic rings. The zero-order chi connectivity index (χ0) is 18.5. The van der Waals surface area contributed by atoms with Crippen LogP contribution < -0.4 is 10.9 Å². The normalized spacial score (nSPS) is 12.0. The van der Waals surface area contributed by atoms with E-state index in [4.69, 9.17) is 4.74 Å². The maximum absolute atomic E-state index is 12.2. The average molecular weight is 333 g/mol. The van der Waals surface area contributed by atoms with E-state index in [1.165, 1.54) is 4.90 Å². The molecule has 1 aromatic heterocycles. The van der Waals surface area contributed by atoms with Crippen LogP contribution >= 0.6 is 0 Å². The summed E-state index contributed by atoms with van der Waals surface area (Å²) in [5, 5.41) is 0. The highest BCUT2D eigenvalue weighted by atomic mass is 16.6. The Morgan fingerprint density at radius 3 is 2.50 bits per heavy atom. The number of aromatic nitrogens is 2. The topological polar surface area (TPSA) is 79.4 Å². The second-order valence-electron chi connectivity index (χ2n) is 6.55. The lowest BCUT2D eigenvalue weighted by molar-refractivity contribution is 0.0256. The molecule has 0 spiro atoms. The van der Waals surface area contributed by atoms with Crippen LogP contribution in [0.4, 0.5) is 10.6 Å². The first-order chi connectivity index (χ1) is 11.0. The van der Waals surface area contributed by atoms with Crippen molar-refractivity contribution >= 4 is 11.9 Å². The Morgan fingerprint density at radius 1 is 1.38 bits per heavy atom. The summed E-state index contributed by atoms with van der Waals surface area (Å²) in [5.74, 6) is 1.29. The number of ether oxygens (including phenoxy) is 1. The van der Waals surface area contributed by atoms with Crippen LogP contribution in [0.15, 0.2) is 24.1 Å². The number of anilines is 1. The van der Waals surface area contributed by atoms with E-state index in [-0.39, 0.29) is 6.04 Å². The van der Waals surface area contributed by atoms with Crippen molar-refractivity contribution in [2.24, 2.45) is 0 Å². The van der Waals surface area contributed by atoms with Gasteiger partial charge in [0.2, 0.25) is 0 Å². The highest BCUT2D eigenvalue weighted by molar-refractivity contribution is 5.68. The Hall–Kier alpha value is -2.53. The van der Waals surface area contributed by atoms with Crippen LogP contribution in [0.3, 0.4) is 0 Å². The van der Waals surface area contributed by atoms with Crippen molar-refractivity contribution in [1.29, 1.82) is 0 Å². The molecule has 0 aliphatic carbocycles. The first-order valence-corrected chi connectivity index (χ1v) is 7.73. The van der Waals surface area contributed by atoms with Gasteiger partial charge in [-0.3, -0.25) is 10.9 Å². The van der Waals surface area contributed by atoms with Gasteiger partial charge in [0.15, 0.2) is 0 Å². The number of carbonyl (C=O) groups is 1. The first-order valence-electron chi connectivity index (χ1n) is 7.73. The molecule has 7 heteroatoms. The average Bonchev–Trinajstić information content (AvgIpc) is 2.44. The van der Waals surface area contributed by atoms with Crippen LogP contribution in [0.5, 0.6) is 0 Å². The van der Waals surface area contributed by atoms with Gasteiger partial charge >= 0.3 is 6.09 Å². The van der Waals surface area contributed by atoms with Gasteiger partial charge in [0.05, 0.1) is 11.7 Å². The van der Waals surface area contributed by atoms with E-state index in [0.717, 1.165) is 5.69 Å². The first kappa shape index (κ1) is 19.5. The van der Waals surface area contributed by atoms with Gasteiger partial charge in [-0.05, 0) is 41.5 Å². The largest absolute Gasteiger partial charge is 0.444 e. The fourth-order valence-corrected chi connectivity index (χ4v) is 1.89. The molecule has 1 unspecified atom stereocenters. The fourth-order valence-electron chi connectivity index (χ4n) is 1.89. The molecule has 1 amide bonds. The standard InChI is InChI=1S/C17H27N5O2/c1-9-14(12(3)22(8)16(23)24-17(5,6)7)20-21-15-10-11(2)18-13(4)19-15/h10,12,20H,1H2,2-8H3,(H,18,19,21). The number of hydrazine groups is 1.